The summed E-state index contributed by atoms with van der Waals surface area (Å²) < 4.78 is 34.6. The number of sulfonamides is 1. The molecule has 1 aliphatic heterocycles. The zero-order valence-electron chi connectivity index (χ0n) is 20.3. The molecule has 0 spiro atoms. The molecule has 1 atom stereocenters. The first-order valence-corrected chi connectivity index (χ1v) is 13.3. The van der Waals surface area contributed by atoms with Gasteiger partial charge in [-0.05, 0) is 70.8 Å². The van der Waals surface area contributed by atoms with Crippen LogP contribution >= 0.6 is 0 Å². The van der Waals surface area contributed by atoms with Crippen LogP contribution in [0.5, 0.6) is 5.88 Å². The van der Waals surface area contributed by atoms with E-state index in [1.807, 2.05) is 36.4 Å². The Morgan fingerprint density at radius 2 is 1.79 bits per heavy atom. The van der Waals surface area contributed by atoms with Crippen LogP contribution < -0.4 is 14.8 Å². The highest BCUT2D eigenvalue weighted by atomic mass is 32.2. The van der Waals surface area contributed by atoms with Gasteiger partial charge in [0, 0.05) is 36.1 Å². The number of anilines is 1. The molecule has 1 unspecified atom stereocenters. The Bertz CT molecular complexity index is 1790. The summed E-state index contributed by atoms with van der Waals surface area (Å²) in [6.45, 7) is 0.270. The van der Waals surface area contributed by atoms with Gasteiger partial charge in [0.25, 0.3) is 10.0 Å². The van der Waals surface area contributed by atoms with Crippen molar-refractivity contribution < 1.29 is 18.3 Å². The number of benzene rings is 2. The van der Waals surface area contributed by atoms with E-state index in [0.717, 1.165) is 33.3 Å². The molecule has 0 aliphatic carbocycles. The Labute approximate surface area is 219 Å². The Balaban J connectivity index is 1.58. The minimum Gasteiger partial charge on any atom is -0.480 e. The molecule has 5 aromatic rings. The van der Waals surface area contributed by atoms with E-state index >= 15 is 0 Å². The third-order valence-corrected chi connectivity index (χ3v) is 7.82. The predicted molar refractivity (Wildman–Crippen MR) is 144 cm³/mol. The molecule has 0 saturated carbocycles. The summed E-state index contributed by atoms with van der Waals surface area (Å²) in [5, 5.41) is 14.7. The second kappa shape index (κ2) is 9.49. The van der Waals surface area contributed by atoms with Crippen LogP contribution in [-0.2, 0) is 16.6 Å². The first-order valence-electron chi connectivity index (χ1n) is 11.8. The number of fused-ring (bicyclic) bond motifs is 9. The Morgan fingerprint density at radius 1 is 0.921 bits per heavy atom. The molecule has 8 bridgehead atoms. The van der Waals surface area contributed by atoms with Crippen LogP contribution in [0.25, 0.3) is 33.2 Å². The van der Waals surface area contributed by atoms with Gasteiger partial charge in [-0.2, -0.15) is 0 Å². The fourth-order valence-electron chi connectivity index (χ4n) is 4.54. The van der Waals surface area contributed by atoms with Gasteiger partial charge in [-0.25, -0.2) is 13.4 Å². The summed E-state index contributed by atoms with van der Waals surface area (Å²) >= 11 is 0. The van der Waals surface area contributed by atoms with Crippen molar-refractivity contribution in [3.8, 4) is 28.1 Å². The molecule has 9 nitrogen and oxygen atoms in total. The molecule has 6 rings (SSSR count). The minimum absolute atomic E-state index is 0.00836. The van der Waals surface area contributed by atoms with E-state index < -0.39 is 16.3 Å². The van der Waals surface area contributed by atoms with Crippen molar-refractivity contribution in [2.24, 2.45) is 0 Å². The number of nitrogens with one attached hydrogen (secondary N) is 2. The van der Waals surface area contributed by atoms with Crippen LogP contribution in [-0.4, -0.2) is 35.6 Å². The molecule has 3 N–H and O–H groups in total. The summed E-state index contributed by atoms with van der Waals surface area (Å²) in [6.07, 6.45) is 4.02. The molecular formula is C28H23N5O4S. The molecule has 190 valence electrons. The molecule has 0 amide bonds. The van der Waals surface area contributed by atoms with E-state index in [-0.39, 0.29) is 23.0 Å². The highest BCUT2D eigenvalue weighted by molar-refractivity contribution is 7.92. The van der Waals surface area contributed by atoms with Crippen molar-refractivity contribution in [1.82, 2.24) is 20.3 Å². The van der Waals surface area contributed by atoms with Gasteiger partial charge < -0.3 is 9.84 Å². The summed E-state index contributed by atoms with van der Waals surface area (Å²) in [7, 11) is -2.60. The molecule has 2 aromatic carbocycles. The fourth-order valence-corrected chi connectivity index (χ4v) is 5.64. The lowest BCUT2D eigenvalue weighted by Gasteiger charge is -2.17. The van der Waals surface area contributed by atoms with E-state index in [9.17, 15) is 13.5 Å². The first kappa shape index (κ1) is 24.0. The number of nitrogens with zero attached hydrogens (tertiary/aromatic N) is 3. The van der Waals surface area contributed by atoms with Crippen LogP contribution in [0.3, 0.4) is 0 Å². The second-order valence-electron chi connectivity index (χ2n) is 8.87. The van der Waals surface area contributed by atoms with E-state index in [2.05, 4.69) is 25.0 Å². The fraction of sp³-hybridized carbons (Fsp3) is 0.107. The maximum absolute atomic E-state index is 13.3. The second-order valence-corrected chi connectivity index (χ2v) is 10.6. The average molecular weight is 526 g/mol. The maximum Gasteiger partial charge on any atom is 0.262 e. The lowest BCUT2D eigenvalue weighted by Crippen LogP contribution is -2.21. The number of aliphatic hydroxyl groups is 1. The highest BCUT2D eigenvalue weighted by Gasteiger charge is 2.20. The van der Waals surface area contributed by atoms with Gasteiger partial charge in [0.05, 0.1) is 23.2 Å². The lowest BCUT2D eigenvalue weighted by molar-refractivity contribution is 0.136. The van der Waals surface area contributed by atoms with Crippen LogP contribution in [0, 0.1) is 0 Å². The van der Waals surface area contributed by atoms with Crippen molar-refractivity contribution in [1.29, 1.82) is 0 Å². The Hall–Kier alpha value is -4.38. The number of ether oxygens (including phenoxy) is 1. The highest BCUT2D eigenvalue weighted by Crippen LogP contribution is 2.34. The smallest absolute Gasteiger partial charge is 0.262 e. The van der Waals surface area contributed by atoms with Crippen molar-refractivity contribution in [2.75, 3.05) is 11.8 Å². The Morgan fingerprint density at radius 3 is 2.66 bits per heavy atom. The van der Waals surface area contributed by atoms with Gasteiger partial charge in [-0.1, -0.05) is 18.2 Å². The van der Waals surface area contributed by atoms with Gasteiger partial charge >= 0.3 is 0 Å². The van der Waals surface area contributed by atoms with Crippen molar-refractivity contribution in [3.05, 3.63) is 96.6 Å². The molecule has 4 heterocycles. The zero-order chi connectivity index (χ0) is 26.3. The van der Waals surface area contributed by atoms with Crippen molar-refractivity contribution in [2.45, 2.75) is 17.7 Å². The molecule has 10 heteroatoms. The number of rotatable bonds is 1. The number of aliphatic hydroxyl groups excluding tert-OH is 1. The monoisotopic (exact) mass is 525 g/mol. The molecule has 0 saturated heterocycles. The first-order chi connectivity index (χ1) is 18.4. The van der Waals surface area contributed by atoms with Crippen molar-refractivity contribution in [3.63, 3.8) is 0 Å². The Kier molecular flexibility index (Phi) is 5.99. The summed E-state index contributed by atoms with van der Waals surface area (Å²) in [4.78, 5) is 13.3. The topological polar surface area (TPSA) is 126 Å². The van der Waals surface area contributed by atoms with Gasteiger partial charge in [-0.15, -0.1) is 0 Å². The standard InChI is InChI=1S/C28H23N5O4S/c1-37-28-26-14-20(15-32-28)17-5-6-25-24(13-17)23(8-10-30-25)18-7-9-29-21(11-18)16-31-27(34)19-3-2-4-22(12-19)38(35,36)33-26/h2-15,27,31,33-34H,16H2,1H3. The van der Waals surface area contributed by atoms with Gasteiger partial charge in [0.1, 0.15) is 11.9 Å². The molecule has 1 aliphatic rings. The molecule has 0 fully saturated rings. The molecule has 3 aromatic heterocycles. The summed E-state index contributed by atoms with van der Waals surface area (Å²) in [6, 6.07) is 19.5. The van der Waals surface area contributed by atoms with Gasteiger partial charge in [-0.3, -0.25) is 20.0 Å². The molecule has 0 radical (unpaired) electrons. The average Bonchev–Trinajstić information content (AvgIpc) is 2.95. The van der Waals surface area contributed by atoms with Gasteiger partial charge in [0.2, 0.25) is 5.88 Å². The van der Waals surface area contributed by atoms with Crippen LogP contribution in [0.1, 0.15) is 17.5 Å². The SMILES string of the molecule is COc1ncc2cc1NS(=O)(=O)c1cccc(c1)C(O)NCc1cc(ccn1)-c1ccnc3ccc-2cc13. The zero-order valence-corrected chi connectivity index (χ0v) is 21.1. The van der Waals surface area contributed by atoms with E-state index in [4.69, 9.17) is 4.74 Å². The van der Waals surface area contributed by atoms with Crippen LogP contribution in [0.4, 0.5) is 5.69 Å². The lowest BCUT2D eigenvalue weighted by atomic mass is 9.98. The third kappa shape index (κ3) is 4.45. The van der Waals surface area contributed by atoms with Crippen molar-refractivity contribution >= 4 is 26.6 Å². The molecule has 38 heavy (non-hydrogen) atoms. The quantitative estimate of drug-likeness (QED) is 0.296. The summed E-state index contributed by atoms with van der Waals surface area (Å²) in [5.74, 6) is 0.136. The van der Waals surface area contributed by atoms with Crippen LogP contribution in [0.2, 0.25) is 0 Å². The molecular weight excluding hydrogens is 502 g/mol. The largest absolute Gasteiger partial charge is 0.480 e. The van der Waals surface area contributed by atoms with E-state index in [1.54, 1.807) is 36.8 Å². The van der Waals surface area contributed by atoms with E-state index in [0.29, 0.717) is 11.1 Å². The minimum atomic E-state index is -4.03. The number of methoxy groups -OCH3 is 1. The number of pyridine rings is 3. The maximum atomic E-state index is 13.3. The van der Waals surface area contributed by atoms with Crippen LogP contribution in [0.15, 0.2) is 90.2 Å². The van der Waals surface area contributed by atoms with E-state index in [1.165, 1.54) is 19.2 Å². The van der Waals surface area contributed by atoms with Gasteiger partial charge in [0.15, 0.2) is 0 Å². The summed E-state index contributed by atoms with van der Waals surface area (Å²) in [5.41, 5.74) is 5.59. The number of aromatic nitrogens is 3. The number of hydrogen-bond acceptors (Lipinski definition) is 8. The number of hydrogen-bond donors (Lipinski definition) is 3. The normalized spacial score (nSPS) is 16.3. The predicted octanol–water partition coefficient (Wildman–Crippen LogP) is 4.26. The third-order valence-electron chi connectivity index (χ3n) is 6.45.